The predicted molar refractivity (Wildman–Crippen MR) is 54.3 cm³/mol. The highest BCUT2D eigenvalue weighted by Gasteiger charge is 2.12. The molecule has 1 heterocycles. The van der Waals surface area contributed by atoms with Crippen LogP contribution in [-0.4, -0.2) is 14.7 Å². The zero-order valence-electron chi connectivity index (χ0n) is 8.51. The zero-order valence-corrected chi connectivity index (χ0v) is 8.51. The predicted octanol–water partition coefficient (Wildman–Crippen LogP) is 2.12. The number of halogens is 2. The third-order valence-corrected chi connectivity index (χ3v) is 2.19. The summed E-state index contributed by atoms with van der Waals surface area (Å²) in [6.45, 7) is -0.0581. The van der Waals surface area contributed by atoms with Crippen LogP contribution in [-0.2, 0) is 6.54 Å². The second-order valence-electron chi connectivity index (χ2n) is 3.37. The first-order valence-electron chi connectivity index (χ1n) is 4.67. The van der Waals surface area contributed by atoms with E-state index in [9.17, 15) is 18.9 Å². The normalized spacial score (nSPS) is 10.5. The first-order valence-corrected chi connectivity index (χ1v) is 4.67. The maximum atomic E-state index is 13.3. The Hall–Kier alpha value is -2.31. The molecule has 0 fully saturated rings. The minimum absolute atomic E-state index is 0.0581. The molecule has 2 rings (SSSR count). The molecule has 1 aromatic carbocycles. The van der Waals surface area contributed by atoms with Gasteiger partial charge in [-0.3, -0.25) is 14.8 Å². The van der Waals surface area contributed by atoms with E-state index in [-0.39, 0.29) is 17.8 Å². The molecule has 88 valence electrons. The van der Waals surface area contributed by atoms with E-state index in [1.807, 2.05) is 0 Å². The van der Waals surface area contributed by atoms with Crippen molar-refractivity contribution in [2.75, 3.05) is 0 Å². The molecule has 0 atom stereocenters. The summed E-state index contributed by atoms with van der Waals surface area (Å²) in [6.07, 6.45) is 2.21. The van der Waals surface area contributed by atoms with Crippen LogP contribution in [0, 0.1) is 21.7 Å². The first-order chi connectivity index (χ1) is 8.08. The van der Waals surface area contributed by atoms with Gasteiger partial charge in [-0.15, -0.1) is 0 Å². The number of benzene rings is 1. The minimum Gasteiger partial charge on any atom is -0.261 e. The molecule has 0 aliphatic carbocycles. The van der Waals surface area contributed by atoms with E-state index in [0.29, 0.717) is 0 Å². The molecule has 17 heavy (non-hydrogen) atoms. The summed E-state index contributed by atoms with van der Waals surface area (Å²) in [5, 5.41) is 14.1. The molecule has 0 aliphatic rings. The summed E-state index contributed by atoms with van der Waals surface area (Å²) in [5.41, 5.74) is -0.107. The Kier molecular flexibility index (Phi) is 2.82. The van der Waals surface area contributed by atoms with Gasteiger partial charge in [-0.25, -0.2) is 8.78 Å². The third-order valence-electron chi connectivity index (χ3n) is 2.19. The smallest absolute Gasteiger partial charge is 0.261 e. The fourth-order valence-corrected chi connectivity index (χ4v) is 1.38. The average molecular weight is 239 g/mol. The Bertz CT molecular complexity index is 568. The van der Waals surface area contributed by atoms with E-state index in [4.69, 9.17) is 0 Å². The summed E-state index contributed by atoms with van der Waals surface area (Å²) >= 11 is 0. The van der Waals surface area contributed by atoms with Crippen LogP contribution < -0.4 is 0 Å². The van der Waals surface area contributed by atoms with Crippen molar-refractivity contribution in [3.8, 4) is 0 Å². The number of nitrogens with zero attached hydrogens (tertiary/aromatic N) is 3. The van der Waals surface area contributed by atoms with Crippen molar-refractivity contribution in [2.24, 2.45) is 0 Å². The summed E-state index contributed by atoms with van der Waals surface area (Å²) in [5.74, 6) is -1.92. The Morgan fingerprint density at radius 3 is 2.82 bits per heavy atom. The molecule has 0 radical (unpaired) electrons. The maximum Gasteiger partial charge on any atom is 0.307 e. The van der Waals surface area contributed by atoms with Crippen LogP contribution in [0.25, 0.3) is 0 Å². The Morgan fingerprint density at radius 2 is 2.18 bits per heavy atom. The molecule has 0 amide bonds. The molecule has 0 N–H and O–H groups in total. The van der Waals surface area contributed by atoms with Crippen LogP contribution in [0.5, 0.6) is 0 Å². The van der Waals surface area contributed by atoms with Gasteiger partial charge in [0.05, 0.1) is 11.5 Å². The van der Waals surface area contributed by atoms with Crippen molar-refractivity contribution in [2.45, 2.75) is 6.54 Å². The van der Waals surface area contributed by atoms with E-state index in [1.54, 1.807) is 0 Å². The number of hydrogen-bond acceptors (Lipinski definition) is 3. The van der Waals surface area contributed by atoms with Crippen molar-refractivity contribution in [3.63, 3.8) is 0 Å². The first kappa shape index (κ1) is 11.2. The molecule has 0 spiro atoms. The van der Waals surface area contributed by atoms with Crippen molar-refractivity contribution < 1.29 is 13.7 Å². The molecule has 2 aromatic rings. The van der Waals surface area contributed by atoms with Gasteiger partial charge in [-0.2, -0.15) is 5.10 Å². The maximum absolute atomic E-state index is 13.3. The van der Waals surface area contributed by atoms with Crippen LogP contribution in [0.4, 0.5) is 14.5 Å². The molecular formula is C10H7F2N3O2. The van der Waals surface area contributed by atoms with E-state index >= 15 is 0 Å². The van der Waals surface area contributed by atoms with Crippen LogP contribution in [0.15, 0.2) is 30.6 Å². The van der Waals surface area contributed by atoms with Crippen LogP contribution >= 0.6 is 0 Å². The standard InChI is InChI=1S/C10H7F2N3O2/c11-9-3-1-2-7(10(9)12)5-14-6-8(4-13-14)15(16)17/h1-4,6H,5H2. The fraction of sp³-hybridized carbons (Fsp3) is 0.100. The van der Waals surface area contributed by atoms with Gasteiger partial charge in [-0.1, -0.05) is 12.1 Å². The third kappa shape index (κ3) is 2.27. The van der Waals surface area contributed by atoms with Gasteiger partial charge < -0.3 is 0 Å². The monoisotopic (exact) mass is 239 g/mol. The quantitative estimate of drug-likeness (QED) is 0.608. The van der Waals surface area contributed by atoms with E-state index in [2.05, 4.69) is 5.10 Å². The minimum atomic E-state index is -0.967. The lowest BCUT2D eigenvalue weighted by Crippen LogP contribution is -2.03. The summed E-state index contributed by atoms with van der Waals surface area (Å²) in [7, 11) is 0. The number of nitro groups is 1. The Labute approximate surface area is 94.4 Å². The zero-order chi connectivity index (χ0) is 12.4. The average Bonchev–Trinajstić information content (AvgIpc) is 2.73. The highest BCUT2D eigenvalue weighted by molar-refractivity contribution is 5.23. The molecule has 5 nitrogen and oxygen atoms in total. The lowest BCUT2D eigenvalue weighted by Gasteiger charge is -2.03. The van der Waals surface area contributed by atoms with Gasteiger partial charge in [-0.05, 0) is 6.07 Å². The van der Waals surface area contributed by atoms with Crippen LogP contribution in [0.2, 0.25) is 0 Å². The molecule has 0 saturated carbocycles. The topological polar surface area (TPSA) is 61.0 Å². The molecular weight excluding hydrogens is 232 g/mol. The second-order valence-corrected chi connectivity index (χ2v) is 3.37. The van der Waals surface area contributed by atoms with Gasteiger partial charge in [0.2, 0.25) is 0 Å². The van der Waals surface area contributed by atoms with Gasteiger partial charge in [0.1, 0.15) is 12.4 Å². The molecule has 0 bridgehead atoms. The van der Waals surface area contributed by atoms with Crippen molar-refractivity contribution in [1.82, 2.24) is 9.78 Å². The SMILES string of the molecule is O=[N+]([O-])c1cnn(Cc2cccc(F)c2F)c1. The van der Waals surface area contributed by atoms with Gasteiger partial charge in [0, 0.05) is 5.56 Å². The molecule has 0 aliphatic heterocycles. The highest BCUT2D eigenvalue weighted by Crippen LogP contribution is 2.14. The lowest BCUT2D eigenvalue weighted by atomic mass is 10.2. The van der Waals surface area contributed by atoms with Gasteiger partial charge in [0.25, 0.3) is 0 Å². The van der Waals surface area contributed by atoms with Crippen molar-refractivity contribution >= 4 is 5.69 Å². The number of aromatic nitrogens is 2. The van der Waals surface area contributed by atoms with Crippen LogP contribution in [0.3, 0.4) is 0 Å². The second kappa shape index (κ2) is 4.28. The summed E-state index contributed by atoms with van der Waals surface area (Å²) < 4.78 is 27.4. The molecule has 7 heteroatoms. The van der Waals surface area contributed by atoms with Gasteiger partial charge >= 0.3 is 5.69 Å². The van der Waals surface area contributed by atoms with E-state index in [0.717, 1.165) is 18.5 Å². The Morgan fingerprint density at radius 1 is 1.41 bits per heavy atom. The largest absolute Gasteiger partial charge is 0.307 e. The highest BCUT2D eigenvalue weighted by atomic mass is 19.2. The molecule has 0 saturated heterocycles. The van der Waals surface area contributed by atoms with Crippen LogP contribution in [0.1, 0.15) is 5.56 Å². The number of hydrogen-bond donors (Lipinski definition) is 0. The van der Waals surface area contributed by atoms with Crippen molar-refractivity contribution in [3.05, 3.63) is 57.9 Å². The number of rotatable bonds is 3. The lowest BCUT2D eigenvalue weighted by molar-refractivity contribution is -0.385. The summed E-state index contributed by atoms with van der Waals surface area (Å²) in [4.78, 5) is 9.80. The van der Waals surface area contributed by atoms with Gasteiger partial charge in [0.15, 0.2) is 11.6 Å². The van der Waals surface area contributed by atoms with Crippen molar-refractivity contribution in [1.29, 1.82) is 0 Å². The van der Waals surface area contributed by atoms with E-state index in [1.165, 1.54) is 16.8 Å². The summed E-state index contributed by atoms with van der Waals surface area (Å²) in [6, 6.07) is 3.77. The Balaban J connectivity index is 2.25. The molecule has 1 aromatic heterocycles. The molecule has 0 unspecified atom stereocenters. The van der Waals surface area contributed by atoms with E-state index < -0.39 is 16.6 Å². The fourth-order valence-electron chi connectivity index (χ4n) is 1.38.